The van der Waals surface area contributed by atoms with Gasteiger partial charge in [0.1, 0.15) is 30.8 Å². The van der Waals surface area contributed by atoms with Gasteiger partial charge >= 0.3 is 5.97 Å². The lowest BCUT2D eigenvalue weighted by molar-refractivity contribution is -0.139. The first kappa shape index (κ1) is 77.6. The van der Waals surface area contributed by atoms with Gasteiger partial charge in [-0.15, -0.1) is 0 Å². The fourth-order valence-electron chi connectivity index (χ4n) is 9.65. The molecule has 486 valence electrons. The second-order valence-electron chi connectivity index (χ2n) is 22.0. The zero-order chi connectivity index (χ0) is 63.1. The highest BCUT2D eigenvalue weighted by molar-refractivity contribution is 7.85. The van der Waals surface area contributed by atoms with Crippen LogP contribution in [-0.4, -0.2) is 161 Å². The number of ketones is 3. The number of carbonyl (C=O) groups excluding carboxylic acids is 6. The van der Waals surface area contributed by atoms with Gasteiger partial charge < -0.3 is 61.9 Å². The Morgan fingerprint density at radius 1 is 0.624 bits per heavy atom. The Morgan fingerprint density at radius 3 is 1.76 bits per heavy atom. The molecule has 1 unspecified atom stereocenters. The summed E-state index contributed by atoms with van der Waals surface area (Å²) in [6, 6.07) is 4.87. The van der Waals surface area contributed by atoms with Crippen molar-refractivity contribution in [3.63, 3.8) is 0 Å². The lowest BCUT2D eigenvalue weighted by atomic mass is 9.77. The minimum absolute atomic E-state index is 0.0206. The van der Waals surface area contributed by atoms with Crippen molar-refractivity contribution in [2.75, 3.05) is 78.7 Å². The Hall–Kier alpha value is -5.37. The van der Waals surface area contributed by atoms with E-state index in [0.29, 0.717) is 83.1 Å². The number of carbonyl (C=O) groups is 7. The third kappa shape index (κ3) is 43.0. The predicted octanol–water partition coefficient (Wildman–Crippen LogP) is 6.41. The van der Waals surface area contributed by atoms with Gasteiger partial charge in [0.25, 0.3) is 10.1 Å². The maximum Gasteiger partial charge on any atom is 0.326 e. The van der Waals surface area contributed by atoms with Crippen molar-refractivity contribution in [1.29, 1.82) is 5.41 Å². The van der Waals surface area contributed by atoms with E-state index >= 15 is 0 Å². The molecular weight excluding hydrogens is 1120 g/mol. The summed E-state index contributed by atoms with van der Waals surface area (Å²) >= 11 is 0. The number of nitrogens with one attached hydrogen (secondary N) is 5. The summed E-state index contributed by atoms with van der Waals surface area (Å²) in [7, 11) is -2.16. The standard InChI is InChI=1S/C61H105N7O16S/c1-46(22-15-13-11-9-7-5-4-6-8-10-12-14-20-41-85(78,79)80)68-54(61(76)77)31-32-57(72)67-34-36-82-38-39-83-44-51(70)23-21-35-81-37-40-84-45-58(73)66-33-19-18-25-53(65-3)59(74)47(2)52(24-16-17-26-56(62)63)55(71)43-49(60(64)75)42-48-27-29-50(69)30-28-48/h27-30,47,49,52-54,65,68-69H,1,4-26,31-45H2,2-3H3,(H3,62,63)(H2,64,75)(H,66,73)(H,67,72)(H,76,77)(H,78,79,80)/t47?,49-,52-,53+,54+/m1/s1. The van der Waals surface area contributed by atoms with Gasteiger partial charge in [-0.1, -0.05) is 103 Å². The molecule has 0 spiro atoms. The van der Waals surface area contributed by atoms with Crippen LogP contribution in [-0.2, 0) is 69.0 Å². The number of primary amides is 1. The van der Waals surface area contributed by atoms with Crippen LogP contribution in [0.5, 0.6) is 5.75 Å². The molecule has 5 atom stereocenters. The Labute approximate surface area is 505 Å². The van der Waals surface area contributed by atoms with E-state index in [1.165, 1.54) is 37.8 Å². The van der Waals surface area contributed by atoms with Crippen LogP contribution in [0.1, 0.15) is 179 Å². The SMILES string of the molecule is C=C(CCCCCCCCCCCCCCCS(=O)(=O)O)N[C@@H](CCC(=O)NCCOCCOCC(=O)CCCOCCOCC(=O)NCCCC[C@H](NC)C(=O)C(C)[C@@H](CCCCC(=N)N)C(=O)C[C@@H](Cc1ccc(O)cc1)C(N)=O)C(=O)O. The van der Waals surface area contributed by atoms with Crippen LogP contribution in [0.15, 0.2) is 36.5 Å². The fourth-order valence-corrected chi connectivity index (χ4v) is 10.2. The summed E-state index contributed by atoms with van der Waals surface area (Å²) in [6.45, 7) is 7.48. The second-order valence-corrected chi connectivity index (χ2v) is 23.6. The van der Waals surface area contributed by atoms with E-state index in [4.69, 9.17) is 40.4 Å². The first-order chi connectivity index (χ1) is 40.6. The molecular formula is C61H105N7O16S. The lowest BCUT2D eigenvalue weighted by Crippen LogP contribution is -2.42. The first-order valence-corrected chi connectivity index (χ1v) is 32.4. The van der Waals surface area contributed by atoms with E-state index in [0.717, 1.165) is 56.9 Å². The highest BCUT2D eigenvalue weighted by Crippen LogP contribution is 2.28. The molecule has 12 N–H and O–H groups in total. The number of rotatable bonds is 59. The number of amidine groups is 1. The second kappa shape index (κ2) is 48.7. The minimum atomic E-state index is -3.85. The Kier molecular flexibility index (Phi) is 44.5. The van der Waals surface area contributed by atoms with Gasteiger partial charge in [-0.3, -0.25) is 38.7 Å². The molecule has 1 aromatic carbocycles. The number of amides is 3. The highest BCUT2D eigenvalue weighted by Gasteiger charge is 2.35. The van der Waals surface area contributed by atoms with Crippen molar-refractivity contribution in [3.05, 3.63) is 42.1 Å². The number of ether oxygens (including phenoxy) is 4. The number of unbranched alkanes of at least 4 members (excludes halogenated alkanes) is 14. The molecule has 0 bridgehead atoms. The molecule has 24 heteroatoms. The van der Waals surface area contributed by atoms with Gasteiger partial charge in [0.2, 0.25) is 17.7 Å². The number of phenolic OH excluding ortho intramolecular Hbond substituents is 1. The quantitative estimate of drug-likeness (QED) is 0.0146. The van der Waals surface area contributed by atoms with E-state index in [1.807, 2.05) is 0 Å². The third-order valence-corrected chi connectivity index (χ3v) is 15.5. The number of allylic oxidation sites excluding steroid dienone is 1. The van der Waals surface area contributed by atoms with Gasteiger partial charge in [-0.25, -0.2) is 4.79 Å². The van der Waals surface area contributed by atoms with Crippen molar-refractivity contribution in [2.45, 2.75) is 192 Å². The van der Waals surface area contributed by atoms with E-state index in [-0.39, 0.29) is 131 Å². The monoisotopic (exact) mass is 1220 g/mol. The molecule has 0 aliphatic rings. The molecule has 23 nitrogen and oxygen atoms in total. The average molecular weight is 1220 g/mol. The van der Waals surface area contributed by atoms with Crippen LogP contribution >= 0.6 is 0 Å². The van der Waals surface area contributed by atoms with Crippen LogP contribution in [0.2, 0.25) is 0 Å². The number of aliphatic carboxylic acids is 1. The van der Waals surface area contributed by atoms with Crippen molar-refractivity contribution in [2.24, 2.45) is 29.2 Å². The average Bonchev–Trinajstić information content (AvgIpc) is 3.66. The van der Waals surface area contributed by atoms with E-state index in [2.05, 4.69) is 27.8 Å². The zero-order valence-corrected chi connectivity index (χ0v) is 51.8. The molecule has 0 fully saturated rings. The van der Waals surface area contributed by atoms with Crippen LogP contribution in [0.4, 0.5) is 0 Å². The maximum atomic E-state index is 13.8. The molecule has 0 aliphatic heterocycles. The van der Waals surface area contributed by atoms with Gasteiger partial charge in [0, 0.05) is 68.8 Å². The number of benzene rings is 1. The summed E-state index contributed by atoms with van der Waals surface area (Å²) in [5.74, 6) is -4.89. The van der Waals surface area contributed by atoms with Gasteiger partial charge in [-0.2, -0.15) is 8.42 Å². The number of carboxylic acids is 1. The normalized spacial score (nSPS) is 13.3. The van der Waals surface area contributed by atoms with E-state index < -0.39 is 51.8 Å². The predicted molar refractivity (Wildman–Crippen MR) is 326 cm³/mol. The molecule has 0 saturated heterocycles. The van der Waals surface area contributed by atoms with E-state index in [1.54, 1.807) is 26.1 Å². The summed E-state index contributed by atoms with van der Waals surface area (Å²) in [6.07, 6.45) is 18.7. The van der Waals surface area contributed by atoms with Crippen molar-refractivity contribution in [1.82, 2.24) is 21.3 Å². The van der Waals surface area contributed by atoms with Gasteiger partial charge in [0.15, 0.2) is 11.6 Å². The number of Topliss-reactive ketones (excluding diaryl/α,β-unsaturated/α-hetero) is 3. The number of likely N-dealkylation sites (N-methyl/N-ethyl adjacent to an activating group) is 1. The number of nitrogens with two attached hydrogens (primary N) is 2. The zero-order valence-electron chi connectivity index (χ0n) is 51.0. The summed E-state index contributed by atoms with van der Waals surface area (Å²) < 4.78 is 52.1. The van der Waals surface area contributed by atoms with Crippen LogP contribution in [0, 0.1) is 23.2 Å². The van der Waals surface area contributed by atoms with Crippen molar-refractivity contribution >= 4 is 57.0 Å². The molecule has 3 amide bonds. The smallest absolute Gasteiger partial charge is 0.326 e. The maximum absolute atomic E-state index is 13.8. The van der Waals surface area contributed by atoms with Crippen LogP contribution in [0.3, 0.4) is 0 Å². The van der Waals surface area contributed by atoms with Gasteiger partial charge in [-0.05, 0) is 95.4 Å². The van der Waals surface area contributed by atoms with Crippen LogP contribution in [0.25, 0.3) is 0 Å². The minimum Gasteiger partial charge on any atom is -0.508 e. The molecule has 1 aromatic rings. The molecule has 85 heavy (non-hydrogen) atoms. The number of hydrogen-bond acceptors (Lipinski definition) is 17. The number of hydrogen-bond donors (Lipinski definition) is 10. The topological polar surface area (TPSA) is 375 Å². The van der Waals surface area contributed by atoms with Crippen molar-refractivity contribution < 1.29 is 75.7 Å². The highest BCUT2D eigenvalue weighted by atomic mass is 32.2. The number of carboxylic acid groups (broad SMARTS) is 1. The Bertz CT molecular complexity index is 2200. The molecule has 0 aromatic heterocycles. The van der Waals surface area contributed by atoms with Gasteiger partial charge in [0.05, 0.1) is 50.7 Å². The molecule has 0 radical (unpaired) electrons. The molecule has 1 rings (SSSR count). The Morgan fingerprint density at radius 2 is 1.18 bits per heavy atom. The molecule has 0 heterocycles. The number of phenols is 1. The fraction of sp³-hybridized carbons (Fsp3) is 0.738. The number of aromatic hydroxyl groups is 1. The molecule has 0 aliphatic carbocycles. The lowest BCUT2D eigenvalue weighted by Gasteiger charge is -2.27. The molecule has 0 saturated carbocycles. The third-order valence-electron chi connectivity index (χ3n) is 14.6. The van der Waals surface area contributed by atoms with E-state index in [9.17, 15) is 52.2 Å². The summed E-state index contributed by atoms with van der Waals surface area (Å²) in [5, 5.41) is 38.4. The summed E-state index contributed by atoms with van der Waals surface area (Å²) in [4.78, 5) is 88.8. The van der Waals surface area contributed by atoms with Crippen molar-refractivity contribution in [3.8, 4) is 5.75 Å². The largest absolute Gasteiger partial charge is 0.508 e. The summed E-state index contributed by atoms with van der Waals surface area (Å²) in [5.41, 5.74) is 12.6. The Balaban J connectivity index is 2.13. The van der Waals surface area contributed by atoms with Crippen LogP contribution < -0.4 is 32.7 Å². The first-order valence-electron chi connectivity index (χ1n) is 30.8.